The van der Waals surface area contributed by atoms with Crippen molar-refractivity contribution in [3.63, 3.8) is 0 Å². The number of nitrogens with one attached hydrogen (secondary N) is 1. The normalized spacial score (nSPS) is 14.4. The van der Waals surface area contributed by atoms with Crippen molar-refractivity contribution >= 4 is 17.5 Å². The van der Waals surface area contributed by atoms with E-state index in [1.165, 1.54) is 0 Å². The Kier molecular flexibility index (Phi) is 5.79. The molecule has 0 atom stereocenters. The molecule has 0 saturated carbocycles. The van der Waals surface area contributed by atoms with Crippen LogP contribution in [0.15, 0.2) is 42.5 Å². The molecule has 0 aliphatic carbocycles. The maximum atomic E-state index is 12.7. The molecule has 2 aromatic rings. The standard InChI is InChI=1S/C20H21N5O2/c1-2-24-9-11-25(12-10-24)20(27)18-8-4-7-17(23-18)19(26)22-16-6-3-5-15(13-16)14-21/h3-8,13H,2,9-12H2,1H3,(H,22,26). The third-order valence-corrected chi connectivity index (χ3v) is 4.56. The molecular formula is C20H21N5O2. The number of hydrogen-bond donors (Lipinski definition) is 1. The highest BCUT2D eigenvalue weighted by Crippen LogP contribution is 2.12. The molecule has 0 spiro atoms. The minimum absolute atomic E-state index is 0.160. The van der Waals surface area contributed by atoms with E-state index >= 15 is 0 Å². The summed E-state index contributed by atoms with van der Waals surface area (Å²) in [7, 11) is 0. The number of nitrogens with zero attached hydrogens (tertiary/aromatic N) is 4. The van der Waals surface area contributed by atoms with Gasteiger partial charge in [0.25, 0.3) is 11.8 Å². The number of nitriles is 1. The summed E-state index contributed by atoms with van der Waals surface area (Å²) >= 11 is 0. The molecule has 1 aromatic carbocycles. The molecule has 138 valence electrons. The van der Waals surface area contributed by atoms with E-state index < -0.39 is 5.91 Å². The van der Waals surface area contributed by atoms with Crippen molar-refractivity contribution in [3.8, 4) is 6.07 Å². The van der Waals surface area contributed by atoms with Crippen LogP contribution in [0.25, 0.3) is 0 Å². The number of likely N-dealkylation sites (N-methyl/N-ethyl adjacent to an activating group) is 1. The van der Waals surface area contributed by atoms with Crippen LogP contribution in [0.3, 0.4) is 0 Å². The molecule has 27 heavy (non-hydrogen) atoms. The van der Waals surface area contributed by atoms with Gasteiger partial charge < -0.3 is 15.1 Å². The van der Waals surface area contributed by atoms with Crippen molar-refractivity contribution in [1.29, 1.82) is 5.26 Å². The Morgan fingerprint density at radius 3 is 2.52 bits per heavy atom. The molecule has 0 bridgehead atoms. The second-order valence-electron chi connectivity index (χ2n) is 6.28. The predicted molar refractivity (Wildman–Crippen MR) is 101 cm³/mol. The van der Waals surface area contributed by atoms with Crippen LogP contribution < -0.4 is 5.32 Å². The Labute approximate surface area is 158 Å². The number of pyridine rings is 1. The van der Waals surface area contributed by atoms with Gasteiger partial charge in [0, 0.05) is 31.9 Å². The monoisotopic (exact) mass is 363 g/mol. The summed E-state index contributed by atoms with van der Waals surface area (Å²) in [5, 5.41) is 11.7. The minimum Gasteiger partial charge on any atom is -0.335 e. The molecule has 7 heteroatoms. The zero-order chi connectivity index (χ0) is 19.2. The second-order valence-corrected chi connectivity index (χ2v) is 6.28. The summed E-state index contributed by atoms with van der Waals surface area (Å²) < 4.78 is 0. The molecule has 7 nitrogen and oxygen atoms in total. The Hall–Kier alpha value is -3.24. The van der Waals surface area contributed by atoms with Crippen molar-refractivity contribution in [3.05, 3.63) is 59.4 Å². The molecule has 1 fully saturated rings. The summed E-state index contributed by atoms with van der Waals surface area (Å²) in [6.45, 7) is 6.09. The Morgan fingerprint density at radius 2 is 1.81 bits per heavy atom. The van der Waals surface area contributed by atoms with E-state index in [9.17, 15) is 9.59 Å². The lowest BCUT2D eigenvalue weighted by Crippen LogP contribution is -2.48. The Morgan fingerprint density at radius 1 is 1.11 bits per heavy atom. The highest BCUT2D eigenvalue weighted by atomic mass is 16.2. The number of benzene rings is 1. The van der Waals surface area contributed by atoms with Gasteiger partial charge in [-0.3, -0.25) is 9.59 Å². The number of hydrogen-bond acceptors (Lipinski definition) is 5. The van der Waals surface area contributed by atoms with Crippen LogP contribution in [0.4, 0.5) is 5.69 Å². The first kappa shape index (κ1) is 18.5. The van der Waals surface area contributed by atoms with Gasteiger partial charge >= 0.3 is 0 Å². The van der Waals surface area contributed by atoms with Gasteiger partial charge in [-0.05, 0) is 36.9 Å². The number of anilines is 1. The van der Waals surface area contributed by atoms with Gasteiger partial charge in [0.15, 0.2) is 0 Å². The Balaban J connectivity index is 1.70. The maximum Gasteiger partial charge on any atom is 0.274 e. The van der Waals surface area contributed by atoms with Gasteiger partial charge in [-0.25, -0.2) is 4.98 Å². The fourth-order valence-electron chi connectivity index (χ4n) is 2.97. The maximum absolute atomic E-state index is 12.7. The Bertz CT molecular complexity index is 882. The SMILES string of the molecule is CCN1CCN(C(=O)c2cccc(C(=O)Nc3cccc(C#N)c3)n2)CC1. The highest BCUT2D eigenvalue weighted by molar-refractivity contribution is 6.03. The lowest BCUT2D eigenvalue weighted by Gasteiger charge is -2.33. The van der Waals surface area contributed by atoms with Crippen molar-refractivity contribution in [2.75, 3.05) is 38.0 Å². The van der Waals surface area contributed by atoms with Crippen LogP contribution in [-0.2, 0) is 0 Å². The van der Waals surface area contributed by atoms with Crippen LogP contribution in [-0.4, -0.2) is 59.3 Å². The van der Waals surface area contributed by atoms with Crippen LogP contribution >= 0.6 is 0 Å². The van der Waals surface area contributed by atoms with Gasteiger partial charge in [0.1, 0.15) is 11.4 Å². The average molecular weight is 363 g/mol. The fraction of sp³-hybridized carbons (Fsp3) is 0.300. The molecule has 3 rings (SSSR count). The quantitative estimate of drug-likeness (QED) is 0.897. The molecule has 1 aliphatic rings. The van der Waals surface area contributed by atoms with E-state index in [-0.39, 0.29) is 17.3 Å². The molecule has 0 unspecified atom stereocenters. The first-order valence-electron chi connectivity index (χ1n) is 8.91. The molecule has 1 saturated heterocycles. The van der Waals surface area contributed by atoms with Crippen molar-refractivity contribution in [2.45, 2.75) is 6.92 Å². The van der Waals surface area contributed by atoms with Crippen LogP contribution in [0.2, 0.25) is 0 Å². The lowest BCUT2D eigenvalue weighted by molar-refractivity contribution is 0.0637. The second kappa shape index (κ2) is 8.43. The molecule has 1 aromatic heterocycles. The van der Waals surface area contributed by atoms with Crippen molar-refractivity contribution < 1.29 is 9.59 Å². The topological polar surface area (TPSA) is 89.3 Å². The van der Waals surface area contributed by atoms with Crippen molar-refractivity contribution in [1.82, 2.24) is 14.8 Å². The van der Waals surface area contributed by atoms with Gasteiger partial charge in [-0.15, -0.1) is 0 Å². The van der Waals surface area contributed by atoms with Crippen LogP contribution in [0.5, 0.6) is 0 Å². The summed E-state index contributed by atoms with van der Waals surface area (Å²) in [5.74, 6) is -0.581. The summed E-state index contributed by atoms with van der Waals surface area (Å²) in [6, 6.07) is 13.5. The minimum atomic E-state index is -0.421. The lowest BCUT2D eigenvalue weighted by atomic mass is 10.2. The molecular weight excluding hydrogens is 342 g/mol. The van der Waals surface area contributed by atoms with E-state index in [1.54, 1.807) is 47.4 Å². The van der Waals surface area contributed by atoms with Gasteiger partial charge in [0.2, 0.25) is 0 Å². The number of carbonyl (C=O) groups is 2. The molecule has 2 heterocycles. The van der Waals surface area contributed by atoms with E-state index in [0.717, 1.165) is 19.6 Å². The average Bonchev–Trinajstić information content (AvgIpc) is 2.73. The largest absolute Gasteiger partial charge is 0.335 e. The first-order chi connectivity index (χ1) is 13.1. The number of piperazine rings is 1. The summed E-state index contributed by atoms with van der Waals surface area (Å²) in [6.07, 6.45) is 0. The number of carbonyl (C=O) groups excluding carboxylic acids is 2. The van der Waals surface area contributed by atoms with Gasteiger partial charge in [-0.1, -0.05) is 19.1 Å². The molecule has 0 radical (unpaired) electrons. The molecule has 1 aliphatic heterocycles. The zero-order valence-electron chi connectivity index (χ0n) is 15.2. The molecule has 1 N–H and O–H groups in total. The van der Waals surface area contributed by atoms with E-state index in [0.29, 0.717) is 24.3 Å². The van der Waals surface area contributed by atoms with Gasteiger partial charge in [-0.2, -0.15) is 5.26 Å². The summed E-state index contributed by atoms with van der Waals surface area (Å²) in [4.78, 5) is 33.4. The number of rotatable bonds is 4. The van der Waals surface area contributed by atoms with E-state index in [4.69, 9.17) is 5.26 Å². The summed E-state index contributed by atoms with van der Waals surface area (Å²) in [5.41, 5.74) is 1.39. The molecule has 2 amide bonds. The fourth-order valence-corrected chi connectivity index (χ4v) is 2.97. The third kappa shape index (κ3) is 4.49. The van der Waals surface area contributed by atoms with E-state index in [1.807, 2.05) is 6.07 Å². The third-order valence-electron chi connectivity index (χ3n) is 4.56. The highest BCUT2D eigenvalue weighted by Gasteiger charge is 2.23. The number of amides is 2. The number of aromatic nitrogens is 1. The zero-order valence-corrected chi connectivity index (χ0v) is 15.2. The van der Waals surface area contributed by atoms with Gasteiger partial charge in [0.05, 0.1) is 11.6 Å². The van der Waals surface area contributed by atoms with Crippen LogP contribution in [0.1, 0.15) is 33.5 Å². The first-order valence-corrected chi connectivity index (χ1v) is 8.91. The smallest absolute Gasteiger partial charge is 0.274 e. The van der Waals surface area contributed by atoms with Crippen molar-refractivity contribution in [2.24, 2.45) is 0 Å². The van der Waals surface area contributed by atoms with E-state index in [2.05, 4.69) is 22.1 Å². The predicted octanol–water partition coefficient (Wildman–Crippen LogP) is 1.98. The van der Waals surface area contributed by atoms with Crippen LogP contribution in [0, 0.1) is 11.3 Å².